The van der Waals surface area contributed by atoms with Crippen molar-refractivity contribution >= 4 is 34.9 Å². The zero-order chi connectivity index (χ0) is 12.1. The summed E-state index contributed by atoms with van der Waals surface area (Å²) in [6.45, 7) is 2.78. The smallest absolute Gasteiger partial charge is 0.0646 e. The highest BCUT2D eigenvalue weighted by Gasteiger charge is 2.08. The van der Waals surface area contributed by atoms with Crippen molar-refractivity contribution in [3.05, 3.63) is 41.3 Å². The number of nitrogens with two attached hydrogens (primary N) is 1. The molecule has 0 saturated heterocycles. The molecule has 0 atom stereocenters. The number of hydrogen-bond donors (Lipinski definition) is 1. The fourth-order valence-corrected chi connectivity index (χ4v) is 4.38. The van der Waals surface area contributed by atoms with E-state index in [1.807, 2.05) is 23.5 Å². The van der Waals surface area contributed by atoms with Gasteiger partial charge in [0.1, 0.15) is 0 Å². The van der Waals surface area contributed by atoms with E-state index in [-0.39, 0.29) is 0 Å². The highest BCUT2D eigenvalue weighted by Crippen LogP contribution is 2.36. The Morgan fingerprint density at radius 2 is 2.00 bits per heavy atom. The second-order valence-electron chi connectivity index (χ2n) is 3.40. The van der Waals surface area contributed by atoms with Crippen molar-refractivity contribution in [1.82, 2.24) is 0 Å². The van der Waals surface area contributed by atoms with Crippen molar-refractivity contribution in [1.29, 1.82) is 0 Å². The summed E-state index contributed by atoms with van der Waals surface area (Å²) in [6, 6.07) is 10.7. The predicted octanol–water partition coefficient (Wildman–Crippen LogP) is 4.47. The van der Waals surface area contributed by atoms with Crippen LogP contribution >= 0.6 is 34.9 Å². The maximum Gasteiger partial charge on any atom is 0.0646 e. The van der Waals surface area contributed by atoms with Crippen LogP contribution in [-0.4, -0.2) is 5.75 Å². The minimum Gasteiger partial charge on any atom is -0.326 e. The van der Waals surface area contributed by atoms with Gasteiger partial charge in [-0.05, 0) is 34.9 Å². The van der Waals surface area contributed by atoms with Crippen molar-refractivity contribution in [3.63, 3.8) is 0 Å². The van der Waals surface area contributed by atoms with Gasteiger partial charge in [-0.3, -0.25) is 0 Å². The average Bonchev–Trinajstić information content (AvgIpc) is 2.83. The Balaban J connectivity index is 2.29. The van der Waals surface area contributed by atoms with Gasteiger partial charge in [-0.2, -0.15) is 0 Å². The van der Waals surface area contributed by atoms with E-state index in [1.54, 1.807) is 11.3 Å². The molecule has 0 bridgehead atoms. The van der Waals surface area contributed by atoms with E-state index in [9.17, 15) is 0 Å². The van der Waals surface area contributed by atoms with Gasteiger partial charge >= 0.3 is 0 Å². The van der Waals surface area contributed by atoms with E-state index >= 15 is 0 Å². The lowest BCUT2D eigenvalue weighted by molar-refractivity contribution is 0.980. The molecule has 0 amide bonds. The van der Waals surface area contributed by atoms with Crippen molar-refractivity contribution in [3.8, 4) is 0 Å². The van der Waals surface area contributed by atoms with Crippen molar-refractivity contribution < 1.29 is 0 Å². The third-order valence-electron chi connectivity index (χ3n) is 2.30. The van der Waals surface area contributed by atoms with E-state index in [4.69, 9.17) is 5.73 Å². The van der Waals surface area contributed by atoms with Crippen LogP contribution in [0.15, 0.2) is 49.7 Å². The van der Waals surface area contributed by atoms with E-state index in [0.29, 0.717) is 6.54 Å². The Morgan fingerprint density at radius 3 is 2.65 bits per heavy atom. The van der Waals surface area contributed by atoms with Crippen LogP contribution in [0.5, 0.6) is 0 Å². The minimum atomic E-state index is 0.608. The molecule has 0 radical (unpaired) electrons. The molecule has 0 saturated carbocycles. The van der Waals surface area contributed by atoms with Crippen molar-refractivity contribution in [2.75, 3.05) is 5.75 Å². The molecule has 0 spiro atoms. The predicted molar refractivity (Wildman–Crippen MR) is 79.2 cm³/mol. The number of thioether (sulfide) groups is 1. The first-order valence-electron chi connectivity index (χ1n) is 5.51. The monoisotopic (exact) mass is 281 g/mol. The Hall–Kier alpha value is -0.420. The summed E-state index contributed by atoms with van der Waals surface area (Å²) in [5.41, 5.74) is 7.16. The molecule has 0 aliphatic heterocycles. The molecule has 0 aliphatic carbocycles. The zero-order valence-electron chi connectivity index (χ0n) is 9.68. The fourth-order valence-electron chi connectivity index (χ4n) is 1.56. The maximum atomic E-state index is 5.89. The molecule has 90 valence electrons. The summed E-state index contributed by atoms with van der Waals surface area (Å²) in [6.07, 6.45) is 0. The van der Waals surface area contributed by atoms with Crippen LogP contribution in [0.4, 0.5) is 0 Å². The Labute approximate surface area is 115 Å². The molecule has 1 aromatic heterocycles. The van der Waals surface area contributed by atoms with Crippen LogP contribution < -0.4 is 5.73 Å². The highest BCUT2D eigenvalue weighted by atomic mass is 32.2. The molecule has 0 aliphatic rings. The molecule has 1 nitrogen and oxygen atoms in total. The lowest BCUT2D eigenvalue weighted by Gasteiger charge is -2.11. The van der Waals surface area contributed by atoms with E-state index in [2.05, 4.69) is 42.6 Å². The molecular weight excluding hydrogens is 266 g/mol. The largest absolute Gasteiger partial charge is 0.326 e. The summed E-state index contributed by atoms with van der Waals surface area (Å²) < 4.78 is 1.32. The molecule has 0 unspecified atom stereocenters. The van der Waals surface area contributed by atoms with Gasteiger partial charge in [0.25, 0.3) is 0 Å². The topological polar surface area (TPSA) is 26.0 Å². The zero-order valence-corrected chi connectivity index (χ0v) is 12.1. The van der Waals surface area contributed by atoms with Gasteiger partial charge in [-0.25, -0.2) is 0 Å². The maximum absolute atomic E-state index is 5.89. The Morgan fingerprint density at radius 1 is 1.18 bits per heavy atom. The summed E-state index contributed by atoms with van der Waals surface area (Å²) in [5.74, 6) is 1.08. The van der Waals surface area contributed by atoms with E-state index in [1.165, 1.54) is 19.6 Å². The highest BCUT2D eigenvalue weighted by molar-refractivity contribution is 8.01. The van der Waals surface area contributed by atoms with Gasteiger partial charge in [-0.1, -0.05) is 30.8 Å². The lowest BCUT2D eigenvalue weighted by atomic mass is 10.2. The van der Waals surface area contributed by atoms with Crippen LogP contribution in [0.25, 0.3) is 0 Å². The van der Waals surface area contributed by atoms with Gasteiger partial charge in [0.15, 0.2) is 0 Å². The average molecular weight is 281 g/mol. The van der Waals surface area contributed by atoms with Gasteiger partial charge in [0, 0.05) is 16.3 Å². The molecule has 2 N–H and O–H groups in total. The van der Waals surface area contributed by atoms with Crippen LogP contribution in [-0.2, 0) is 6.54 Å². The summed E-state index contributed by atoms with van der Waals surface area (Å²) >= 11 is 5.45. The summed E-state index contributed by atoms with van der Waals surface area (Å²) in [4.78, 5) is 2.60. The number of rotatable bonds is 5. The normalized spacial score (nSPS) is 10.7. The summed E-state index contributed by atoms with van der Waals surface area (Å²) in [5, 5.41) is 2.11. The van der Waals surface area contributed by atoms with E-state index in [0.717, 1.165) is 5.75 Å². The first-order chi connectivity index (χ1) is 8.35. The van der Waals surface area contributed by atoms with Gasteiger partial charge in [0.05, 0.1) is 4.21 Å². The van der Waals surface area contributed by atoms with Crippen LogP contribution in [0, 0.1) is 0 Å². The van der Waals surface area contributed by atoms with Gasteiger partial charge in [0.2, 0.25) is 0 Å². The molecule has 1 aromatic carbocycles. The number of thiophene rings is 1. The quantitative estimate of drug-likeness (QED) is 0.819. The van der Waals surface area contributed by atoms with Crippen LogP contribution in [0.2, 0.25) is 0 Å². The lowest BCUT2D eigenvalue weighted by Crippen LogP contribution is -2.00. The minimum absolute atomic E-state index is 0.608. The second-order valence-corrected chi connectivity index (χ2v) is 7.00. The Kier molecular flexibility index (Phi) is 4.98. The van der Waals surface area contributed by atoms with E-state index < -0.39 is 0 Å². The standard InChI is InChI=1S/C13H15NS3/c1-2-15-11-5-3-6-12(10(11)9-14)17-13-7-4-8-16-13/h3-8H,2,9,14H2,1H3. The number of hydrogen-bond acceptors (Lipinski definition) is 4. The molecule has 1 heterocycles. The SMILES string of the molecule is CCSc1cccc(Sc2cccs2)c1CN. The van der Waals surface area contributed by atoms with Gasteiger partial charge in [-0.15, -0.1) is 23.1 Å². The van der Waals surface area contributed by atoms with Crippen molar-refractivity contribution in [2.45, 2.75) is 27.5 Å². The molecular formula is C13H15NS3. The van der Waals surface area contributed by atoms with Crippen LogP contribution in [0.1, 0.15) is 12.5 Å². The molecule has 2 aromatic rings. The fraction of sp³-hybridized carbons (Fsp3) is 0.231. The van der Waals surface area contributed by atoms with Gasteiger partial charge < -0.3 is 5.73 Å². The first kappa shape index (κ1) is 13.0. The molecule has 0 fully saturated rings. The third-order valence-corrected chi connectivity index (χ3v) is 5.42. The molecule has 4 heteroatoms. The third kappa shape index (κ3) is 3.28. The molecule has 2 rings (SSSR count). The van der Waals surface area contributed by atoms with Crippen molar-refractivity contribution in [2.24, 2.45) is 5.73 Å². The number of benzene rings is 1. The first-order valence-corrected chi connectivity index (χ1v) is 8.19. The summed E-state index contributed by atoms with van der Waals surface area (Å²) in [7, 11) is 0. The molecule has 17 heavy (non-hydrogen) atoms. The van der Waals surface area contributed by atoms with Crippen LogP contribution in [0.3, 0.4) is 0 Å². The Bertz CT molecular complexity index is 466. The second kappa shape index (κ2) is 6.50.